The summed E-state index contributed by atoms with van der Waals surface area (Å²) in [6.07, 6.45) is 0.172. The highest BCUT2D eigenvalue weighted by Crippen LogP contribution is 2.60. The number of hydrogen-bond donors (Lipinski definition) is 3. The molecule has 0 saturated heterocycles. The lowest BCUT2D eigenvalue weighted by Gasteiger charge is -2.55. The van der Waals surface area contributed by atoms with Gasteiger partial charge in [-0.25, -0.2) is 0 Å². The van der Waals surface area contributed by atoms with Crippen LogP contribution in [0.25, 0.3) is 5.76 Å². The summed E-state index contributed by atoms with van der Waals surface area (Å²) in [6.45, 7) is 13.5. The summed E-state index contributed by atoms with van der Waals surface area (Å²) in [7, 11) is 0.785. The van der Waals surface area contributed by atoms with Gasteiger partial charge >= 0.3 is 0 Å². The Balaban J connectivity index is 1.46. The Bertz CT molecular complexity index is 2260. The fourth-order valence-electron chi connectivity index (χ4n) is 8.80. The van der Waals surface area contributed by atoms with Crippen LogP contribution in [0.3, 0.4) is 0 Å². The predicted octanol–water partition coefficient (Wildman–Crippen LogP) is 7.98. The van der Waals surface area contributed by atoms with E-state index in [1.165, 1.54) is 0 Å². The molecule has 60 heavy (non-hydrogen) atoms. The van der Waals surface area contributed by atoms with Crippen molar-refractivity contribution in [3.05, 3.63) is 111 Å². The number of rotatable bonds is 14. The van der Waals surface area contributed by atoms with E-state index in [4.69, 9.17) is 23.2 Å². The molecule has 1 heterocycles. The molecule has 3 aliphatic carbocycles. The van der Waals surface area contributed by atoms with Crippen molar-refractivity contribution in [2.24, 2.45) is 11.8 Å². The van der Waals surface area contributed by atoms with Gasteiger partial charge in [-0.3, -0.25) is 14.5 Å². The summed E-state index contributed by atoms with van der Waals surface area (Å²) in [5.74, 6) is -2.66. The number of fused-ring (bicyclic) bond motifs is 4. The van der Waals surface area contributed by atoms with Crippen LogP contribution in [0.4, 0.5) is 0 Å². The van der Waals surface area contributed by atoms with Crippen LogP contribution in [-0.2, 0) is 28.9 Å². The molecular formula is C47H58N2O10Si. The second-order valence-corrected chi connectivity index (χ2v) is 23.0. The van der Waals surface area contributed by atoms with Crippen molar-refractivity contribution in [3.8, 4) is 17.4 Å². The molecule has 1 fully saturated rings. The van der Waals surface area contributed by atoms with E-state index in [1.54, 1.807) is 6.07 Å². The van der Waals surface area contributed by atoms with Crippen LogP contribution >= 0.6 is 0 Å². The average molecular weight is 839 g/mol. The predicted molar refractivity (Wildman–Crippen MR) is 229 cm³/mol. The minimum Gasteiger partial charge on any atom is -0.507 e. The quantitative estimate of drug-likeness (QED) is 0.0831. The van der Waals surface area contributed by atoms with Gasteiger partial charge in [0, 0.05) is 28.5 Å². The smallest absolute Gasteiger partial charge is 0.265 e. The van der Waals surface area contributed by atoms with Crippen molar-refractivity contribution in [2.45, 2.75) is 102 Å². The molecule has 4 atom stereocenters. The van der Waals surface area contributed by atoms with Gasteiger partial charge in [-0.15, -0.1) is 0 Å². The maximum absolute atomic E-state index is 16.0. The van der Waals surface area contributed by atoms with Crippen molar-refractivity contribution in [2.75, 3.05) is 27.3 Å². The van der Waals surface area contributed by atoms with Crippen LogP contribution in [0.15, 0.2) is 76.8 Å². The lowest BCUT2D eigenvalue weighted by Crippen LogP contribution is -2.68. The number of benzene rings is 3. The molecule has 1 saturated carbocycles. The van der Waals surface area contributed by atoms with Gasteiger partial charge < -0.3 is 38.5 Å². The second-order valence-electron chi connectivity index (χ2n) is 18.3. The number of carbonyl (C=O) groups is 2. The van der Waals surface area contributed by atoms with Gasteiger partial charge in [-0.1, -0.05) is 81.4 Å². The molecular weight excluding hydrogens is 781 g/mol. The maximum atomic E-state index is 16.0. The van der Waals surface area contributed by atoms with Crippen molar-refractivity contribution >= 4 is 25.6 Å². The SMILES string of the molecule is CC(C)Oc1c(C(CO)CO)cc(OCc2ccccc2)c2c1C[C@H]1C[C@H]3[C@H](N(C)C)c4onc(OCc5ccccc5)c4C(=O)[C@@]3(O[Si](C)(C)C(C)(C)C)C(=O)C1=C2O. The third-order valence-corrected chi connectivity index (χ3v) is 17.2. The summed E-state index contributed by atoms with van der Waals surface area (Å²) < 4.78 is 32.5. The molecule has 12 nitrogen and oxygen atoms in total. The zero-order valence-electron chi connectivity index (χ0n) is 36.1. The monoisotopic (exact) mass is 838 g/mol. The molecule has 0 amide bonds. The van der Waals surface area contributed by atoms with Gasteiger partial charge in [0.2, 0.25) is 11.6 Å². The van der Waals surface area contributed by atoms with E-state index in [0.717, 1.165) is 11.1 Å². The van der Waals surface area contributed by atoms with Crippen LogP contribution in [0, 0.1) is 11.8 Å². The van der Waals surface area contributed by atoms with Gasteiger partial charge in [0.15, 0.2) is 19.7 Å². The lowest BCUT2D eigenvalue weighted by molar-refractivity contribution is -0.140. The number of Topliss-reactive ketones (excluding diaryl/α,β-unsaturated/α-hetero) is 2. The fraction of sp³-hybridized carbons (Fsp3) is 0.468. The first-order valence-electron chi connectivity index (χ1n) is 20.8. The summed E-state index contributed by atoms with van der Waals surface area (Å²) in [5.41, 5.74) is 1.19. The van der Waals surface area contributed by atoms with E-state index in [2.05, 4.69) is 25.9 Å². The summed E-state index contributed by atoms with van der Waals surface area (Å²) in [6, 6.07) is 20.1. The van der Waals surface area contributed by atoms with Gasteiger partial charge in [0.25, 0.3) is 5.88 Å². The summed E-state index contributed by atoms with van der Waals surface area (Å²) >= 11 is 0. The van der Waals surface area contributed by atoms with E-state index in [-0.39, 0.29) is 79.5 Å². The Labute approximate surface area is 353 Å². The number of aromatic nitrogens is 1. The second kappa shape index (κ2) is 16.6. The molecule has 1 aromatic heterocycles. The molecule has 13 heteroatoms. The van der Waals surface area contributed by atoms with E-state index in [9.17, 15) is 15.3 Å². The zero-order chi connectivity index (χ0) is 43.3. The van der Waals surface area contributed by atoms with E-state index < -0.39 is 54.3 Å². The van der Waals surface area contributed by atoms with Gasteiger partial charge in [0.1, 0.15) is 36.0 Å². The average Bonchev–Trinajstić information content (AvgIpc) is 3.62. The number of ether oxygens (including phenoxy) is 3. The Morgan fingerprint density at radius 2 is 1.52 bits per heavy atom. The first-order chi connectivity index (χ1) is 28.4. The number of carbonyl (C=O) groups excluding carboxylic acids is 2. The van der Waals surface area contributed by atoms with Gasteiger partial charge in [0.05, 0.1) is 30.9 Å². The third-order valence-electron chi connectivity index (χ3n) is 12.7. The van der Waals surface area contributed by atoms with Crippen LogP contribution < -0.4 is 14.2 Å². The zero-order valence-corrected chi connectivity index (χ0v) is 37.1. The molecule has 4 aromatic rings. The molecule has 320 valence electrons. The fourth-order valence-corrected chi connectivity index (χ4v) is 10.2. The summed E-state index contributed by atoms with van der Waals surface area (Å²) in [4.78, 5) is 33.5. The highest BCUT2D eigenvalue weighted by atomic mass is 28.4. The van der Waals surface area contributed by atoms with Crippen molar-refractivity contribution in [3.63, 3.8) is 0 Å². The first kappa shape index (κ1) is 43.3. The topological polar surface area (TPSA) is 161 Å². The highest BCUT2D eigenvalue weighted by molar-refractivity contribution is 6.74. The van der Waals surface area contributed by atoms with E-state index in [1.807, 2.05) is 107 Å². The van der Waals surface area contributed by atoms with Crippen molar-refractivity contribution in [1.29, 1.82) is 0 Å². The van der Waals surface area contributed by atoms with Crippen LogP contribution in [0.2, 0.25) is 18.1 Å². The van der Waals surface area contributed by atoms with Crippen LogP contribution in [0.1, 0.15) is 96.9 Å². The summed E-state index contributed by atoms with van der Waals surface area (Å²) in [5, 5.41) is 37.6. The number of nitrogens with zero attached hydrogens (tertiary/aromatic N) is 2. The Morgan fingerprint density at radius 1 is 0.917 bits per heavy atom. The molecule has 3 aliphatic rings. The minimum absolute atomic E-state index is 0.0219. The number of hydrogen-bond acceptors (Lipinski definition) is 12. The largest absolute Gasteiger partial charge is 0.507 e. The molecule has 0 bridgehead atoms. The van der Waals surface area contributed by atoms with E-state index in [0.29, 0.717) is 22.6 Å². The molecule has 0 spiro atoms. The Morgan fingerprint density at radius 3 is 2.07 bits per heavy atom. The third kappa shape index (κ3) is 7.48. The first-order valence-corrected chi connectivity index (χ1v) is 23.7. The minimum atomic E-state index is -2.96. The van der Waals surface area contributed by atoms with Crippen LogP contribution in [0.5, 0.6) is 17.4 Å². The van der Waals surface area contributed by atoms with Gasteiger partial charge in [-0.2, -0.15) is 0 Å². The van der Waals surface area contributed by atoms with Crippen molar-refractivity contribution in [1.82, 2.24) is 10.1 Å². The molecule has 0 unspecified atom stereocenters. The van der Waals surface area contributed by atoms with Crippen molar-refractivity contribution < 1.29 is 48.1 Å². The molecule has 3 N–H and O–H groups in total. The number of ketones is 2. The lowest BCUT2D eigenvalue weighted by atomic mass is 9.57. The standard InChI is InChI=1S/C47H58N2O10Si/c1-27(2)57-41-32(31(23-50)24-51)22-35(55-25-28-16-12-10-13-17-28)37-33(41)20-30-21-34-39(49(6)7)42-38(45(48-58-42)56-26-29-18-14-11-15-19-29)44(54)47(34,43(53)36(30)40(37)52)59-60(8,9)46(3,4)5/h10-19,22,27,30-31,34,39,50-52H,20-21,23-26H2,1-9H3/t30-,34-,39-,47-/m0/s1. The molecule has 3 aromatic carbocycles. The molecule has 0 aliphatic heterocycles. The van der Waals surface area contributed by atoms with Gasteiger partial charge in [-0.05, 0) is 87.2 Å². The Kier molecular flexibility index (Phi) is 12.0. The molecule has 0 radical (unpaired) electrons. The normalized spacial score (nSPS) is 21.5. The number of aliphatic hydroxyl groups excluding tert-OH is 3. The highest BCUT2D eigenvalue weighted by Gasteiger charge is 2.69. The Hall–Kier alpha value is -4.79. The number of aliphatic hydroxyl groups is 3. The maximum Gasteiger partial charge on any atom is 0.265 e. The van der Waals surface area contributed by atoms with Crippen LogP contribution in [-0.4, -0.2) is 84.3 Å². The molecule has 7 rings (SSSR count). The van der Waals surface area contributed by atoms with E-state index >= 15 is 9.59 Å².